The topological polar surface area (TPSA) is 76.0 Å². The second-order valence-electron chi connectivity index (χ2n) is 5.72. The van der Waals surface area contributed by atoms with Gasteiger partial charge in [0, 0.05) is 24.8 Å². The zero-order valence-corrected chi connectivity index (χ0v) is 15.5. The van der Waals surface area contributed by atoms with Crippen LogP contribution in [0.4, 0.5) is 5.69 Å². The quantitative estimate of drug-likeness (QED) is 0.656. The molecule has 1 aromatic heterocycles. The number of benzene rings is 2. The van der Waals surface area contributed by atoms with E-state index in [-0.39, 0.29) is 17.6 Å². The number of carbonyl (C=O) groups is 2. The summed E-state index contributed by atoms with van der Waals surface area (Å²) in [5.74, 6) is -0.0597. The number of nitrogens with zero attached hydrogens (tertiary/aromatic N) is 2. The third-order valence-corrected chi connectivity index (χ3v) is 4.85. The number of hydrogen-bond donors (Lipinski definition) is 2. The molecule has 2 amide bonds. The van der Waals surface area contributed by atoms with Gasteiger partial charge in [-0.15, -0.1) is 0 Å². The molecule has 3 rings (SSSR count). The number of hydrogen-bond acceptors (Lipinski definition) is 4. The van der Waals surface area contributed by atoms with Gasteiger partial charge in [-0.05, 0) is 37.3 Å². The highest BCUT2D eigenvalue weighted by Gasteiger charge is 2.11. The number of nitrogens with one attached hydrogen (secondary N) is 2. The molecule has 2 aromatic carbocycles. The first-order valence-electron chi connectivity index (χ1n) is 8.31. The van der Waals surface area contributed by atoms with Crippen molar-refractivity contribution in [2.24, 2.45) is 7.05 Å². The molecule has 0 saturated heterocycles. The van der Waals surface area contributed by atoms with E-state index < -0.39 is 0 Å². The molecule has 0 aliphatic carbocycles. The summed E-state index contributed by atoms with van der Waals surface area (Å²) in [6.45, 7) is 2.42. The molecule has 0 saturated carbocycles. The molecular formula is C19H20N4O2S. The van der Waals surface area contributed by atoms with Crippen molar-refractivity contribution in [3.05, 3.63) is 54.1 Å². The summed E-state index contributed by atoms with van der Waals surface area (Å²) < 4.78 is 1.98. The first-order chi connectivity index (χ1) is 12.6. The molecule has 0 bridgehead atoms. The van der Waals surface area contributed by atoms with E-state index in [2.05, 4.69) is 15.6 Å². The highest BCUT2D eigenvalue weighted by molar-refractivity contribution is 7.99. The summed E-state index contributed by atoms with van der Waals surface area (Å²) in [7, 11) is 1.94. The number of fused-ring (bicyclic) bond motifs is 1. The van der Waals surface area contributed by atoms with Crippen molar-refractivity contribution in [2.75, 3.05) is 17.6 Å². The number of anilines is 1. The van der Waals surface area contributed by atoms with E-state index in [4.69, 9.17) is 0 Å². The third kappa shape index (κ3) is 4.05. The summed E-state index contributed by atoms with van der Waals surface area (Å²) in [5, 5.41) is 6.36. The molecule has 0 radical (unpaired) electrons. The zero-order chi connectivity index (χ0) is 18.5. The molecule has 0 aliphatic heterocycles. The van der Waals surface area contributed by atoms with Gasteiger partial charge in [0.2, 0.25) is 5.91 Å². The smallest absolute Gasteiger partial charge is 0.251 e. The number of rotatable bonds is 6. The lowest BCUT2D eigenvalue weighted by atomic mass is 10.2. The van der Waals surface area contributed by atoms with Gasteiger partial charge in [-0.3, -0.25) is 9.59 Å². The minimum atomic E-state index is -0.155. The number of carbonyl (C=O) groups excluding carboxylic acids is 2. The Hall–Kier alpha value is -2.80. The van der Waals surface area contributed by atoms with Crippen LogP contribution in [0, 0.1) is 0 Å². The van der Waals surface area contributed by atoms with E-state index in [1.807, 2.05) is 42.8 Å². The van der Waals surface area contributed by atoms with Crippen LogP contribution in [0.1, 0.15) is 17.3 Å². The maximum absolute atomic E-state index is 12.2. The molecule has 0 unspecified atom stereocenters. The van der Waals surface area contributed by atoms with Crippen LogP contribution >= 0.6 is 11.8 Å². The van der Waals surface area contributed by atoms with Crippen LogP contribution in [0.2, 0.25) is 0 Å². The Morgan fingerprint density at radius 2 is 1.96 bits per heavy atom. The Labute approximate surface area is 156 Å². The highest BCUT2D eigenvalue weighted by Crippen LogP contribution is 2.22. The number of aromatic nitrogens is 2. The van der Waals surface area contributed by atoms with Crippen molar-refractivity contribution >= 4 is 40.3 Å². The predicted molar refractivity (Wildman–Crippen MR) is 105 cm³/mol. The van der Waals surface area contributed by atoms with Crippen molar-refractivity contribution < 1.29 is 9.59 Å². The molecule has 0 aliphatic rings. The lowest BCUT2D eigenvalue weighted by molar-refractivity contribution is -0.113. The van der Waals surface area contributed by atoms with Crippen molar-refractivity contribution in [2.45, 2.75) is 12.1 Å². The normalized spacial score (nSPS) is 10.7. The standard InChI is InChI=1S/C19H20N4O2S/c1-3-20-18(25)13-7-6-8-14(11-13)21-17(24)12-26-19-22-15-9-4-5-10-16(15)23(19)2/h4-11H,3,12H2,1-2H3,(H,20,25)(H,21,24). The van der Waals surface area contributed by atoms with Crippen molar-refractivity contribution in [1.29, 1.82) is 0 Å². The van der Waals surface area contributed by atoms with E-state index in [0.717, 1.165) is 16.2 Å². The van der Waals surface area contributed by atoms with Gasteiger partial charge in [-0.1, -0.05) is 30.0 Å². The van der Waals surface area contributed by atoms with Crippen LogP contribution in [0.25, 0.3) is 11.0 Å². The van der Waals surface area contributed by atoms with Gasteiger partial charge in [-0.25, -0.2) is 4.98 Å². The second-order valence-corrected chi connectivity index (χ2v) is 6.66. The fourth-order valence-corrected chi connectivity index (χ4v) is 3.37. The van der Waals surface area contributed by atoms with Gasteiger partial charge < -0.3 is 15.2 Å². The van der Waals surface area contributed by atoms with Gasteiger partial charge in [-0.2, -0.15) is 0 Å². The average Bonchev–Trinajstić information content (AvgIpc) is 2.97. The summed E-state index contributed by atoms with van der Waals surface area (Å²) in [6, 6.07) is 14.8. The first-order valence-corrected chi connectivity index (χ1v) is 9.29. The molecule has 2 N–H and O–H groups in total. The molecule has 0 fully saturated rings. The Morgan fingerprint density at radius 1 is 1.15 bits per heavy atom. The first kappa shape index (κ1) is 18.0. The molecule has 7 heteroatoms. The van der Waals surface area contributed by atoms with Crippen LogP contribution in [0.15, 0.2) is 53.7 Å². The Bertz CT molecular complexity index is 952. The Kier molecular flexibility index (Phi) is 5.58. The minimum Gasteiger partial charge on any atom is -0.352 e. The fourth-order valence-electron chi connectivity index (χ4n) is 2.58. The van der Waals surface area contributed by atoms with Gasteiger partial charge >= 0.3 is 0 Å². The third-order valence-electron chi connectivity index (χ3n) is 3.82. The lowest BCUT2D eigenvalue weighted by Crippen LogP contribution is -2.23. The highest BCUT2D eigenvalue weighted by atomic mass is 32.2. The zero-order valence-electron chi connectivity index (χ0n) is 14.7. The molecule has 26 heavy (non-hydrogen) atoms. The molecule has 1 heterocycles. The summed E-state index contributed by atoms with van der Waals surface area (Å²) in [4.78, 5) is 28.7. The summed E-state index contributed by atoms with van der Waals surface area (Å²) >= 11 is 1.38. The van der Waals surface area contributed by atoms with Crippen LogP contribution < -0.4 is 10.6 Å². The molecule has 3 aromatic rings. The van der Waals surface area contributed by atoms with E-state index in [9.17, 15) is 9.59 Å². The van der Waals surface area contributed by atoms with Gasteiger partial charge in [0.15, 0.2) is 5.16 Å². The van der Waals surface area contributed by atoms with Crippen molar-refractivity contribution in [3.8, 4) is 0 Å². The number of thioether (sulfide) groups is 1. The molecular weight excluding hydrogens is 348 g/mol. The SMILES string of the molecule is CCNC(=O)c1cccc(NC(=O)CSc2nc3ccccc3n2C)c1. The van der Waals surface area contributed by atoms with E-state index in [1.54, 1.807) is 24.3 Å². The second kappa shape index (κ2) is 8.05. The van der Waals surface area contributed by atoms with Gasteiger partial charge in [0.05, 0.1) is 16.8 Å². The predicted octanol–water partition coefficient (Wildman–Crippen LogP) is 3.05. The maximum Gasteiger partial charge on any atom is 0.251 e. The van der Waals surface area contributed by atoms with Crippen LogP contribution in [0.3, 0.4) is 0 Å². The van der Waals surface area contributed by atoms with Crippen molar-refractivity contribution in [3.63, 3.8) is 0 Å². The van der Waals surface area contributed by atoms with Crippen LogP contribution in [0.5, 0.6) is 0 Å². The van der Waals surface area contributed by atoms with Crippen molar-refractivity contribution in [1.82, 2.24) is 14.9 Å². The average molecular weight is 368 g/mol. The fraction of sp³-hybridized carbons (Fsp3) is 0.211. The van der Waals surface area contributed by atoms with Crippen LogP contribution in [-0.4, -0.2) is 33.7 Å². The van der Waals surface area contributed by atoms with E-state index >= 15 is 0 Å². The maximum atomic E-state index is 12.2. The molecule has 134 valence electrons. The minimum absolute atomic E-state index is 0.143. The molecule has 0 spiro atoms. The Morgan fingerprint density at radius 3 is 2.73 bits per heavy atom. The monoisotopic (exact) mass is 368 g/mol. The largest absolute Gasteiger partial charge is 0.352 e. The van der Waals surface area contributed by atoms with Crippen LogP contribution in [-0.2, 0) is 11.8 Å². The van der Waals surface area contributed by atoms with Gasteiger partial charge in [0.1, 0.15) is 0 Å². The summed E-state index contributed by atoms with van der Waals surface area (Å²) in [6.07, 6.45) is 0. The number of para-hydroxylation sites is 2. The molecule has 0 atom stereocenters. The lowest BCUT2D eigenvalue weighted by Gasteiger charge is -2.07. The summed E-state index contributed by atoms with van der Waals surface area (Å²) in [5.41, 5.74) is 3.06. The molecule has 6 nitrogen and oxygen atoms in total. The van der Waals surface area contributed by atoms with E-state index in [1.165, 1.54) is 11.8 Å². The number of aryl methyl sites for hydroxylation is 1. The van der Waals surface area contributed by atoms with E-state index in [0.29, 0.717) is 17.8 Å². The van der Waals surface area contributed by atoms with Gasteiger partial charge in [0.25, 0.3) is 5.91 Å². The number of amides is 2. The number of imidazole rings is 1. The Balaban J connectivity index is 1.63.